The van der Waals surface area contributed by atoms with E-state index in [4.69, 9.17) is 9.47 Å². The Bertz CT molecular complexity index is 393. The second-order valence-electron chi connectivity index (χ2n) is 6.95. The molecule has 0 aliphatic heterocycles. The van der Waals surface area contributed by atoms with Crippen LogP contribution in [0.3, 0.4) is 0 Å². The van der Waals surface area contributed by atoms with E-state index in [-0.39, 0.29) is 24.2 Å². The van der Waals surface area contributed by atoms with Crippen molar-refractivity contribution in [3.05, 3.63) is 0 Å². The van der Waals surface area contributed by atoms with E-state index in [1.807, 2.05) is 6.92 Å². The van der Waals surface area contributed by atoms with Crippen LogP contribution in [0.1, 0.15) is 53.9 Å². The summed E-state index contributed by atoms with van der Waals surface area (Å²) in [6, 6.07) is 0. The van der Waals surface area contributed by atoms with Crippen molar-refractivity contribution in [3.63, 3.8) is 0 Å². The number of hydrogen-bond acceptors (Lipinski definition) is 6. The number of ether oxygens (including phenoxy) is 2. The number of carbonyl (C=O) groups excluding carboxylic acids is 2. The molecule has 0 aromatic carbocycles. The van der Waals surface area contributed by atoms with Gasteiger partial charge in [-0.1, -0.05) is 27.7 Å². The predicted octanol–water partition coefficient (Wildman–Crippen LogP) is 1.96. The number of ketones is 1. The summed E-state index contributed by atoms with van der Waals surface area (Å²) in [5.74, 6) is -1.77. The van der Waals surface area contributed by atoms with Gasteiger partial charge < -0.3 is 19.7 Å². The van der Waals surface area contributed by atoms with Gasteiger partial charge in [0.15, 0.2) is 0 Å². The number of aliphatic hydroxyl groups is 2. The summed E-state index contributed by atoms with van der Waals surface area (Å²) < 4.78 is 10.1. The van der Waals surface area contributed by atoms with Crippen LogP contribution >= 0.6 is 0 Å². The highest BCUT2D eigenvalue weighted by Gasteiger charge is 2.39. The quantitative estimate of drug-likeness (QED) is 0.414. The number of rotatable bonds is 12. The third kappa shape index (κ3) is 7.28. The summed E-state index contributed by atoms with van der Waals surface area (Å²) in [5, 5.41) is 20.7. The molecule has 5 atom stereocenters. The molecule has 0 amide bonds. The molecule has 24 heavy (non-hydrogen) atoms. The molecule has 0 fully saturated rings. The van der Waals surface area contributed by atoms with Crippen molar-refractivity contribution < 1.29 is 29.3 Å². The molecule has 0 saturated carbocycles. The fraction of sp³-hybridized carbons (Fsp3) is 0.889. The van der Waals surface area contributed by atoms with Crippen LogP contribution in [0.4, 0.5) is 0 Å². The first kappa shape index (κ1) is 23.0. The Kier molecular flexibility index (Phi) is 10.4. The average Bonchev–Trinajstić information content (AvgIpc) is 2.56. The van der Waals surface area contributed by atoms with Gasteiger partial charge >= 0.3 is 5.97 Å². The molecule has 0 heterocycles. The number of hydrogen-bond donors (Lipinski definition) is 2. The van der Waals surface area contributed by atoms with Gasteiger partial charge in [0, 0.05) is 25.6 Å². The molecular formula is C18H34O6. The van der Waals surface area contributed by atoms with Crippen LogP contribution < -0.4 is 0 Å². The largest absolute Gasteiger partial charge is 0.462 e. The highest BCUT2D eigenvalue weighted by atomic mass is 16.5. The second-order valence-corrected chi connectivity index (χ2v) is 6.95. The zero-order valence-electron chi connectivity index (χ0n) is 15.9. The molecule has 6 heteroatoms. The van der Waals surface area contributed by atoms with Crippen LogP contribution in [0.25, 0.3) is 0 Å². The van der Waals surface area contributed by atoms with E-state index in [1.54, 1.807) is 27.9 Å². The first-order valence-electron chi connectivity index (χ1n) is 8.68. The van der Waals surface area contributed by atoms with Crippen LogP contribution in [0.15, 0.2) is 0 Å². The standard InChI is InChI=1S/C18H34O6/c1-7-12(2)15(19)14(4)16(20)18(5,22)11-24-17(21)13(3)9-8-10-23-6/h12-14,16,20,22H,7-11H2,1-6H3/t12-,13?,14?,16?,18-/m1/s1. The van der Waals surface area contributed by atoms with Crippen molar-refractivity contribution in [1.82, 2.24) is 0 Å². The summed E-state index contributed by atoms with van der Waals surface area (Å²) in [6.07, 6.45) is 0.744. The first-order valence-corrected chi connectivity index (χ1v) is 8.68. The Morgan fingerprint density at radius 3 is 2.25 bits per heavy atom. The minimum absolute atomic E-state index is 0.107. The lowest BCUT2D eigenvalue weighted by Gasteiger charge is -2.33. The molecule has 0 aromatic heterocycles. The molecule has 0 saturated heterocycles. The van der Waals surface area contributed by atoms with Crippen molar-refractivity contribution in [2.75, 3.05) is 20.3 Å². The SMILES string of the molecule is CC[C@@H](C)C(=O)C(C)C(O)[C@](C)(O)COC(=O)C(C)CCCOC. The van der Waals surface area contributed by atoms with E-state index in [2.05, 4.69) is 0 Å². The maximum atomic E-state index is 12.2. The van der Waals surface area contributed by atoms with Gasteiger partial charge in [0.2, 0.25) is 0 Å². The number of methoxy groups -OCH3 is 1. The smallest absolute Gasteiger partial charge is 0.308 e. The topological polar surface area (TPSA) is 93.1 Å². The van der Waals surface area contributed by atoms with E-state index in [1.165, 1.54) is 6.92 Å². The highest BCUT2D eigenvalue weighted by Crippen LogP contribution is 2.23. The van der Waals surface area contributed by atoms with E-state index in [9.17, 15) is 19.8 Å². The van der Waals surface area contributed by atoms with Crippen molar-refractivity contribution in [2.24, 2.45) is 17.8 Å². The summed E-state index contributed by atoms with van der Waals surface area (Å²) in [6.45, 7) is 8.62. The first-order chi connectivity index (χ1) is 11.1. The van der Waals surface area contributed by atoms with E-state index < -0.39 is 23.6 Å². The molecule has 0 radical (unpaired) electrons. The van der Waals surface area contributed by atoms with Gasteiger partial charge in [-0.25, -0.2) is 0 Å². The summed E-state index contributed by atoms with van der Waals surface area (Å²) in [4.78, 5) is 24.1. The zero-order valence-corrected chi connectivity index (χ0v) is 15.9. The van der Waals surface area contributed by atoms with Gasteiger partial charge in [-0.05, 0) is 26.2 Å². The highest BCUT2D eigenvalue weighted by molar-refractivity contribution is 5.83. The van der Waals surface area contributed by atoms with E-state index in [0.29, 0.717) is 19.4 Å². The van der Waals surface area contributed by atoms with Crippen molar-refractivity contribution >= 4 is 11.8 Å². The monoisotopic (exact) mass is 346 g/mol. The number of carbonyl (C=O) groups is 2. The van der Waals surface area contributed by atoms with Gasteiger partial charge in [-0.2, -0.15) is 0 Å². The van der Waals surface area contributed by atoms with Crippen molar-refractivity contribution in [1.29, 1.82) is 0 Å². The molecule has 0 aliphatic rings. The molecule has 3 unspecified atom stereocenters. The number of esters is 1. The fourth-order valence-corrected chi connectivity index (χ4v) is 2.44. The maximum Gasteiger partial charge on any atom is 0.308 e. The molecule has 0 rings (SSSR count). The number of Topliss-reactive ketones (excluding diaryl/α,β-unsaturated/α-hetero) is 1. The van der Waals surface area contributed by atoms with Gasteiger partial charge in [0.05, 0.1) is 12.0 Å². The van der Waals surface area contributed by atoms with Crippen LogP contribution in [-0.4, -0.2) is 54.0 Å². The number of aliphatic hydroxyl groups excluding tert-OH is 1. The Labute approximate surface area is 145 Å². The van der Waals surface area contributed by atoms with Crippen LogP contribution in [0.2, 0.25) is 0 Å². The van der Waals surface area contributed by atoms with Crippen molar-refractivity contribution in [3.8, 4) is 0 Å². The molecular weight excluding hydrogens is 312 g/mol. The average molecular weight is 346 g/mol. The molecule has 6 nitrogen and oxygen atoms in total. The Morgan fingerprint density at radius 1 is 1.17 bits per heavy atom. The fourth-order valence-electron chi connectivity index (χ4n) is 2.44. The lowest BCUT2D eigenvalue weighted by Crippen LogP contribution is -2.50. The van der Waals surface area contributed by atoms with Crippen LogP contribution in [-0.2, 0) is 19.1 Å². The minimum atomic E-state index is -1.68. The molecule has 2 N–H and O–H groups in total. The van der Waals surface area contributed by atoms with Gasteiger partial charge in [0.25, 0.3) is 0 Å². The Hall–Kier alpha value is -0.980. The predicted molar refractivity (Wildman–Crippen MR) is 91.5 cm³/mol. The van der Waals surface area contributed by atoms with E-state index >= 15 is 0 Å². The molecule has 142 valence electrons. The minimum Gasteiger partial charge on any atom is -0.462 e. The third-order valence-electron chi connectivity index (χ3n) is 4.55. The normalized spacial score (nSPS) is 19.0. The summed E-state index contributed by atoms with van der Waals surface area (Å²) in [5.41, 5.74) is -1.68. The Balaban J connectivity index is 4.56. The molecule has 0 spiro atoms. The molecule has 0 bridgehead atoms. The zero-order chi connectivity index (χ0) is 18.9. The lowest BCUT2D eigenvalue weighted by molar-refractivity contribution is -0.167. The van der Waals surface area contributed by atoms with Gasteiger partial charge in [-0.15, -0.1) is 0 Å². The summed E-state index contributed by atoms with van der Waals surface area (Å²) >= 11 is 0. The van der Waals surface area contributed by atoms with E-state index in [0.717, 1.165) is 6.42 Å². The van der Waals surface area contributed by atoms with Gasteiger partial charge in [0.1, 0.15) is 18.0 Å². The Morgan fingerprint density at radius 2 is 1.75 bits per heavy atom. The third-order valence-corrected chi connectivity index (χ3v) is 4.55. The molecule has 0 aliphatic carbocycles. The van der Waals surface area contributed by atoms with Crippen LogP contribution in [0.5, 0.6) is 0 Å². The van der Waals surface area contributed by atoms with Gasteiger partial charge in [-0.3, -0.25) is 9.59 Å². The van der Waals surface area contributed by atoms with Crippen LogP contribution in [0, 0.1) is 17.8 Å². The summed E-state index contributed by atoms with van der Waals surface area (Å²) in [7, 11) is 1.60. The van der Waals surface area contributed by atoms with Crippen molar-refractivity contribution in [2.45, 2.75) is 65.6 Å². The maximum absolute atomic E-state index is 12.2. The second kappa shape index (κ2) is 10.8. The molecule has 0 aromatic rings. The lowest BCUT2D eigenvalue weighted by atomic mass is 9.83.